The molecule has 1 saturated heterocycles. The van der Waals surface area contributed by atoms with Gasteiger partial charge in [0.2, 0.25) is 29.5 Å². The molecule has 3 N–H and O–H groups in total. The summed E-state index contributed by atoms with van der Waals surface area (Å²) < 4.78 is 38.3. The van der Waals surface area contributed by atoms with Crippen molar-refractivity contribution in [2.45, 2.75) is 77.0 Å². The molecule has 0 atom stereocenters. The highest BCUT2D eigenvalue weighted by Crippen LogP contribution is 2.26. The molecule has 58 heavy (non-hydrogen) atoms. The van der Waals surface area contributed by atoms with Crippen LogP contribution >= 0.6 is 0 Å². The zero-order chi connectivity index (χ0) is 42.9. The Labute approximate surface area is 341 Å². The maximum atomic E-state index is 13.4. The smallest absolute Gasteiger partial charge is 0.230 e. The first kappa shape index (κ1) is 52.3. The minimum absolute atomic E-state index is 0.00283. The molecular weight excluding hydrogens is 764 g/mol. The lowest BCUT2D eigenvalue weighted by Crippen LogP contribution is -2.40. The Balaban J connectivity index is 2.72. The van der Waals surface area contributed by atoms with Crippen LogP contribution < -0.4 is 16.0 Å². The van der Waals surface area contributed by atoms with Crippen LogP contribution in [0.1, 0.15) is 77.0 Å². The van der Waals surface area contributed by atoms with E-state index < -0.39 is 5.41 Å². The molecule has 0 unspecified atom stereocenters. The van der Waals surface area contributed by atoms with E-state index in [-0.39, 0.29) is 177 Å². The fourth-order valence-electron chi connectivity index (χ4n) is 5.61. The standard InChI is InChI=1S/C39H66N4O15/c1-52-18-5-7-31(44)11-20-56-28-39(29-57-21-13-35(48)40-15-23-53-2,30-58-22-14-36(49)41-16-24-54-3)26-32(45)12-19-55-25-17-42-34(47)8-4-6-33(46)27-43-37(50)9-10-38(43)51/h4-30H2,1-3H3,(H,40,48)(H,41,49)(H,42,47). The van der Waals surface area contributed by atoms with Crippen LogP contribution in [0.4, 0.5) is 0 Å². The number of carbonyl (C=O) groups is 8. The molecule has 1 aliphatic rings. The normalized spacial score (nSPS) is 12.8. The minimum Gasteiger partial charge on any atom is -0.385 e. The number of Topliss-reactive ketones (excluding diaryl/α,β-unsaturated/α-hetero) is 3. The Bertz CT molecular complexity index is 1180. The van der Waals surface area contributed by atoms with E-state index in [0.717, 1.165) is 4.90 Å². The molecule has 0 radical (unpaired) electrons. The van der Waals surface area contributed by atoms with Crippen molar-refractivity contribution in [3.8, 4) is 0 Å². The zero-order valence-corrected chi connectivity index (χ0v) is 34.7. The molecule has 332 valence electrons. The lowest BCUT2D eigenvalue weighted by atomic mass is 9.84. The number of methoxy groups -OCH3 is 3. The van der Waals surface area contributed by atoms with Gasteiger partial charge in [-0.3, -0.25) is 43.3 Å². The van der Waals surface area contributed by atoms with Crippen molar-refractivity contribution in [2.75, 3.05) is 120 Å². The van der Waals surface area contributed by atoms with E-state index in [4.69, 9.17) is 33.2 Å². The number of likely N-dealkylation sites (tertiary alicyclic amines) is 1. The van der Waals surface area contributed by atoms with Crippen LogP contribution in [0.5, 0.6) is 0 Å². The second-order valence-corrected chi connectivity index (χ2v) is 13.9. The largest absolute Gasteiger partial charge is 0.385 e. The fraction of sp³-hybridized carbons (Fsp3) is 0.795. The number of ether oxygens (including phenoxy) is 7. The minimum atomic E-state index is -1.02. The summed E-state index contributed by atoms with van der Waals surface area (Å²) in [7, 11) is 4.63. The van der Waals surface area contributed by atoms with E-state index in [1.165, 1.54) is 14.2 Å². The summed E-state index contributed by atoms with van der Waals surface area (Å²) >= 11 is 0. The van der Waals surface area contributed by atoms with Crippen LogP contribution in [0.2, 0.25) is 0 Å². The van der Waals surface area contributed by atoms with Crippen LogP contribution in [0, 0.1) is 5.41 Å². The summed E-state index contributed by atoms with van der Waals surface area (Å²) in [6.07, 6.45) is 1.88. The van der Waals surface area contributed by atoms with Gasteiger partial charge in [0.15, 0.2) is 5.78 Å². The van der Waals surface area contributed by atoms with Gasteiger partial charge in [-0.15, -0.1) is 0 Å². The van der Waals surface area contributed by atoms with E-state index >= 15 is 0 Å². The Morgan fingerprint density at radius 2 is 0.948 bits per heavy atom. The van der Waals surface area contributed by atoms with E-state index in [1.54, 1.807) is 7.11 Å². The third kappa shape index (κ3) is 26.3. The van der Waals surface area contributed by atoms with E-state index in [1.807, 2.05) is 0 Å². The zero-order valence-electron chi connectivity index (χ0n) is 34.7. The van der Waals surface area contributed by atoms with Gasteiger partial charge in [-0.2, -0.15) is 0 Å². The molecule has 0 spiro atoms. The van der Waals surface area contributed by atoms with Crippen LogP contribution in [0.15, 0.2) is 0 Å². The van der Waals surface area contributed by atoms with E-state index in [9.17, 15) is 38.4 Å². The number of ketones is 3. The maximum absolute atomic E-state index is 13.4. The van der Waals surface area contributed by atoms with Crippen LogP contribution in [0.25, 0.3) is 0 Å². The second-order valence-electron chi connectivity index (χ2n) is 13.9. The van der Waals surface area contributed by atoms with Crippen LogP contribution in [0.3, 0.4) is 0 Å². The maximum Gasteiger partial charge on any atom is 0.230 e. The monoisotopic (exact) mass is 830 g/mol. The molecule has 0 aromatic carbocycles. The number of nitrogens with zero attached hydrogens (tertiary/aromatic N) is 1. The van der Waals surface area contributed by atoms with Crippen molar-refractivity contribution < 1.29 is 71.5 Å². The molecule has 0 saturated carbocycles. The second kappa shape index (κ2) is 33.1. The number of amides is 5. The first-order valence-electron chi connectivity index (χ1n) is 19.9. The third-order valence-corrected chi connectivity index (χ3v) is 8.77. The van der Waals surface area contributed by atoms with Gasteiger partial charge >= 0.3 is 0 Å². The van der Waals surface area contributed by atoms with Gasteiger partial charge in [0.25, 0.3) is 0 Å². The van der Waals surface area contributed by atoms with Gasteiger partial charge < -0.3 is 49.1 Å². The average Bonchev–Trinajstić information content (AvgIpc) is 3.50. The van der Waals surface area contributed by atoms with E-state index in [2.05, 4.69) is 16.0 Å². The molecule has 1 rings (SSSR count). The Morgan fingerprint density at radius 1 is 0.500 bits per heavy atom. The summed E-state index contributed by atoms with van der Waals surface area (Å²) in [5, 5.41) is 8.14. The van der Waals surface area contributed by atoms with Crippen molar-refractivity contribution in [1.82, 2.24) is 20.9 Å². The summed E-state index contributed by atoms with van der Waals surface area (Å²) in [4.78, 5) is 98.9. The van der Waals surface area contributed by atoms with Gasteiger partial charge in [-0.25, -0.2) is 0 Å². The molecule has 1 heterocycles. The van der Waals surface area contributed by atoms with Crippen LogP contribution in [-0.2, 0) is 71.5 Å². The highest BCUT2D eigenvalue weighted by molar-refractivity contribution is 6.04. The summed E-state index contributed by atoms with van der Waals surface area (Å²) in [5.74, 6) is -1.93. The lowest BCUT2D eigenvalue weighted by molar-refractivity contribution is -0.142. The van der Waals surface area contributed by atoms with Gasteiger partial charge in [-0.05, 0) is 12.8 Å². The third-order valence-electron chi connectivity index (χ3n) is 8.77. The van der Waals surface area contributed by atoms with Gasteiger partial charge in [0.05, 0.1) is 72.6 Å². The molecular formula is C39H66N4O15. The molecule has 0 bridgehead atoms. The van der Waals surface area contributed by atoms with Crippen molar-refractivity contribution in [1.29, 1.82) is 0 Å². The predicted molar refractivity (Wildman–Crippen MR) is 208 cm³/mol. The number of hydrogen-bond donors (Lipinski definition) is 3. The summed E-state index contributed by atoms with van der Waals surface area (Å²) in [6, 6.07) is 0. The quantitative estimate of drug-likeness (QED) is 0.0549. The molecule has 19 heteroatoms. The van der Waals surface area contributed by atoms with Crippen LogP contribution in [-0.4, -0.2) is 172 Å². The summed E-state index contributed by atoms with van der Waals surface area (Å²) in [5.41, 5.74) is -1.02. The molecule has 1 fully saturated rings. The average molecular weight is 831 g/mol. The van der Waals surface area contributed by atoms with Crippen molar-refractivity contribution >= 4 is 46.9 Å². The van der Waals surface area contributed by atoms with Gasteiger partial charge in [0, 0.05) is 117 Å². The Kier molecular flexibility index (Phi) is 29.9. The van der Waals surface area contributed by atoms with Crippen molar-refractivity contribution in [2.24, 2.45) is 5.41 Å². The SMILES string of the molecule is COCCCC(=O)CCOCC(COCCC(=O)NCCOC)(COCCC(=O)NCCOC)CC(=O)CCOCCNC(=O)CCCC(=O)CN1C(=O)CCC1=O. The predicted octanol–water partition coefficient (Wildman–Crippen LogP) is 0.0843. The Morgan fingerprint density at radius 3 is 1.48 bits per heavy atom. The first-order valence-corrected chi connectivity index (χ1v) is 19.9. The highest BCUT2D eigenvalue weighted by Gasteiger charge is 2.35. The van der Waals surface area contributed by atoms with Gasteiger partial charge in [-0.1, -0.05) is 0 Å². The summed E-state index contributed by atoms with van der Waals surface area (Å²) in [6.45, 7) is 2.20. The highest BCUT2D eigenvalue weighted by atomic mass is 16.5. The Hall–Kier alpha value is -3.72. The number of hydrogen-bond acceptors (Lipinski definition) is 15. The number of imide groups is 1. The molecule has 1 aliphatic heterocycles. The number of carbonyl (C=O) groups excluding carboxylic acids is 8. The van der Waals surface area contributed by atoms with Crippen molar-refractivity contribution in [3.05, 3.63) is 0 Å². The molecule has 0 aliphatic carbocycles. The first-order chi connectivity index (χ1) is 27.9. The van der Waals surface area contributed by atoms with Gasteiger partial charge in [0.1, 0.15) is 11.6 Å². The topological polar surface area (TPSA) is 240 Å². The van der Waals surface area contributed by atoms with Crippen molar-refractivity contribution in [3.63, 3.8) is 0 Å². The molecule has 0 aromatic rings. The molecule has 19 nitrogen and oxygen atoms in total. The molecule has 0 aromatic heterocycles. The van der Waals surface area contributed by atoms with E-state index in [0.29, 0.717) is 45.8 Å². The molecule has 5 amide bonds. The number of rotatable bonds is 39. The number of nitrogens with one attached hydrogen (secondary N) is 3. The fourth-order valence-corrected chi connectivity index (χ4v) is 5.61. The lowest BCUT2D eigenvalue weighted by Gasteiger charge is -2.33.